The van der Waals surface area contributed by atoms with E-state index in [1.54, 1.807) is 24.5 Å². The second-order valence-corrected chi connectivity index (χ2v) is 5.43. The van der Waals surface area contributed by atoms with E-state index >= 15 is 0 Å². The number of hydrogen-bond acceptors (Lipinski definition) is 3. The lowest BCUT2D eigenvalue weighted by Crippen LogP contribution is -2.29. The van der Waals surface area contributed by atoms with Crippen LogP contribution in [0.15, 0.2) is 41.9 Å². The number of benzene rings is 1. The number of aryl methyl sites for hydroxylation is 1. The molecule has 19 heavy (non-hydrogen) atoms. The highest BCUT2D eigenvalue weighted by Gasteiger charge is 2.10. The van der Waals surface area contributed by atoms with Crippen molar-refractivity contribution in [2.24, 2.45) is 0 Å². The first kappa shape index (κ1) is 13.7. The highest BCUT2D eigenvalue weighted by Crippen LogP contribution is 2.10. The van der Waals surface area contributed by atoms with Crippen LogP contribution < -0.4 is 0 Å². The van der Waals surface area contributed by atoms with Crippen LogP contribution in [0, 0.1) is 0 Å². The second-order valence-electron chi connectivity index (χ2n) is 4.46. The molecule has 1 amide bonds. The van der Waals surface area contributed by atoms with Gasteiger partial charge >= 0.3 is 0 Å². The van der Waals surface area contributed by atoms with E-state index in [1.165, 1.54) is 5.56 Å². The number of amides is 1. The normalized spacial score (nSPS) is 10.4. The van der Waals surface area contributed by atoms with Gasteiger partial charge in [-0.15, -0.1) is 11.3 Å². The molecule has 0 saturated carbocycles. The Morgan fingerprint density at radius 3 is 2.74 bits per heavy atom. The minimum atomic E-state index is 0.114. The summed E-state index contributed by atoms with van der Waals surface area (Å²) in [6, 6.07) is 10.4. The Labute approximate surface area is 117 Å². The molecule has 1 aromatic carbocycles. The molecule has 3 nitrogen and oxygen atoms in total. The van der Waals surface area contributed by atoms with E-state index in [0.717, 1.165) is 24.4 Å². The maximum absolute atomic E-state index is 11.6. The lowest BCUT2D eigenvalue weighted by atomic mass is 10.1. The number of aromatic nitrogens is 1. The molecule has 2 rings (SSSR count). The molecular weight excluding hydrogens is 256 g/mol. The molecular formula is C15H18N2OS. The minimum absolute atomic E-state index is 0.114. The average Bonchev–Trinajstić information content (AvgIpc) is 2.91. The van der Waals surface area contributed by atoms with Crippen molar-refractivity contribution in [2.75, 3.05) is 6.54 Å². The van der Waals surface area contributed by atoms with Gasteiger partial charge in [-0.3, -0.25) is 4.79 Å². The predicted octanol–water partition coefficient (Wildman–Crippen LogP) is 3.12. The van der Waals surface area contributed by atoms with Crippen LogP contribution in [0.25, 0.3) is 0 Å². The van der Waals surface area contributed by atoms with Gasteiger partial charge in [-0.2, -0.15) is 0 Å². The standard InChI is InChI=1S/C15H18N2OS/c1-13(18)17(12-15-16-9-11-19-15)10-5-8-14-6-3-2-4-7-14/h2-4,6-7,9,11H,5,8,10,12H2,1H3. The van der Waals surface area contributed by atoms with E-state index in [-0.39, 0.29) is 5.91 Å². The van der Waals surface area contributed by atoms with Crippen molar-refractivity contribution in [3.05, 3.63) is 52.5 Å². The van der Waals surface area contributed by atoms with Crippen molar-refractivity contribution < 1.29 is 4.79 Å². The molecule has 0 bridgehead atoms. The molecule has 0 radical (unpaired) electrons. The topological polar surface area (TPSA) is 33.2 Å². The van der Waals surface area contributed by atoms with E-state index in [1.807, 2.05) is 28.5 Å². The molecule has 0 spiro atoms. The van der Waals surface area contributed by atoms with Gasteiger partial charge in [-0.1, -0.05) is 30.3 Å². The first-order valence-electron chi connectivity index (χ1n) is 6.43. The average molecular weight is 274 g/mol. The summed E-state index contributed by atoms with van der Waals surface area (Å²) in [5.41, 5.74) is 1.32. The lowest BCUT2D eigenvalue weighted by molar-refractivity contribution is -0.129. The molecule has 0 atom stereocenters. The van der Waals surface area contributed by atoms with E-state index in [2.05, 4.69) is 17.1 Å². The van der Waals surface area contributed by atoms with Crippen molar-refractivity contribution in [2.45, 2.75) is 26.3 Å². The molecule has 4 heteroatoms. The predicted molar refractivity (Wildman–Crippen MR) is 78.0 cm³/mol. The van der Waals surface area contributed by atoms with Gasteiger partial charge in [0.25, 0.3) is 0 Å². The zero-order valence-corrected chi connectivity index (χ0v) is 11.9. The third-order valence-corrected chi connectivity index (χ3v) is 3.76. The number of carbonyl (C=O) groups excluding carboxylic acids is 1. The van der Waals surface area contributed by atoms with E-state index in [4.69, 9.17) is 0 Å². The molecule has 0 aliphatic heterocycles. The van der Waals surface area contributed by atoms with Crippen molar-refractivity contribution >= 4 is 17.2 Å². The van der Waals surface area contributed by atoms with Gasteiger partial charge in [0.15, 0.2) is 0 Å². The van der Waals surface area contributed by atoms with Crippen LogP contribution >= 0.6 is 11.3 Å². The first-order chi connectivity index (χ1) is 9.25. The number of hydrogen-bond donors (Lipinski definition) is 0. The largest absolute Gasteiger partial charge is 0.336 e. The van der Waals surface area contributed by atoms with Crippen LogP contribution in [0.5, 0.6) is 0 Å². The van der Waals surface area contributed by atoms with Gasteiger partial charge in [0.2, 0.25) is 5.91 Å². The van der Waals surface area contributed by atoms with Crippen LogP contribution in [-0.2, 0) is 17.8 Å². The van der Waals surface area contributed by atoms with E-state index in [0.29, 0.717) is 6.54 Å². The summed E-state index contributed by atoms with van der Waals surface area (Å²) in [7, 11) is 0. The molecule has 100 valence electrons. The van der Waals surface area contributed by atoms with Crippen molar-refractivity contribution in [3.8, 4) is 0 Å². The smallest absolute Gasteiger partial charge is 0.219 e. The first-order valence-corrected chi connectivity index (χ1v) is 7.31. The van der Waals surface area contributed by atoms with Crippen LogP contribution in [-0.4, -0.2) is 22.3 Å². The van der Waals surface area contributed by atoms with Crippen LogP contribution in [0.1, 0.15) is 23.9 Å². The lowest BCUT2D eigenvalue weighted by Gasteiger charge is -2.19. The van der Waals surface area contributed by atoms with Gasteiger partial charge in [0.1, 0.15) is 5.01 Å². The van der Waals surface area contributed by atoms with Gasteiger partial charge in [0, 0.05) is 25.0 Å². The highest BCUT2D eigenvalue weighted by molar-refractivity contribution is 7.09. The van der Waals surface area contributed by atoms with E-state index < -0.39 is 0 Å². The van der Waals surface area contributed by atoms with Crippen LogP contribution in [0.4, 0.5) is 0 Å². The second kappa shape index (κ2) is 7.04. The molecule has 0 N–H and O–H groups in total. The number of thiazole rings is 1. The third kappa shape index (κ3) is 4.48. The molecule has 1 heterocycles. The summed E-state index contributed by atoms with van der Waals surface area (Å²) >= 11 is 1.59. The summed E-state index contributed by atoms with van der Waals surface area (Å²) < 4.78 is 0. The van der Waals surface area contributed by atoms with Gasteiger partial charge in [-0.05, 0) is 18.4 Å². The fraction of sp³-hybridized carbons (Fsp3) is 0.333. The van der Waals surface area contributed by atoms with Gasteiger partial charge in [-0.25, -0.2) is 4.98 Å². The third-order valence-electron chi connectivity index (χ3n) is 2.99. The number of rotatable bonds is 6. The highest BCUT2D eigenvalue weighted by atomic mass is 32.1. The van der Waals surface area contributed by atoms with E-state index in [9.17, 15) is 4.79 Å². The van der Waals surface area contributed by atoms with Crippen LogP contribution in [0.3, 0.4) is 0 Å². The Hall–Kier alpha value is -1.68. The molecule has 2 aromatic rings. The molecule has 0 fully saturated rings. The fourth-order valence-corrected chi connectivity index (χ4v) is 2.59. The quantitative estimate of drug-likeness (QED) is 0.811. The Morgan fingerprint density at radius 2 is 2.11 bits per heavy atom. The maximum atomic E-state index is 11.6. The summed E-state index contributed by atoms with van der Waals surface area (Å²) in [5.74, 6) is 0.114. The monoisotopic (exact) mass is 274 g/mol. The van der Waals surface area contributed by atoms with Crippen molar-refractivity contribution in [1.29, 1.82) is 0 Å². The van der Waals surface area contributed by atoms with Crippen LogP contribution in [0.2, 0.25) is 0 Å². The zero-order valence-electron chi connectivity index (χ0n) is 11.1. The Balaban J connectivity index is 1.82. The van der Waals surface area contributed by atoms with Gasteiger partial charge in [0.05, 0.1) is 6.54 Å². The summed E-state index contributed by atoms with van der Waals surface area (Å²) in [6.45, 7) is 3.03. The van der Waals surface area contributed by atoms with Crippen molar-refractivity contribution in [3.63, 3.8) is 0 Å². The number of carbonyl (C=O) groups is 1. The maximum Gasteiger partial charge on any atom is 0.219 e. The SMILES string of the molecule is CC(=O)N(CCCc1ccccc1)Cc1nccs1. The molecule has 0 aliphatic carbocycles. The molecule has 0 saturated heterocycles. The summed E-state index contributed by atoms with van der Waals surface area (Å²) in [4.78, 5) is 17.7. The minimum Gasteiger partial charge on any atom is -0.336 e. The molecule has 1 aromatic heterocycles. The van der Waals surface area contributed by atoms with Crippen molar-refractivity contribution in [1.82, 2.24) is 9.88 Å². The fourth-order valence-electron chi connectivity index (χ4n) is 1.96. The Kier molecular flexibility index (Phi) is 5.10. The molecule has 0 aliphatic rings. The summed E-state index contributed by atoms with van der Waals surface area (Å²) in [5, 5.41) is 2.94. The number of nitrogens with zero attached hydrogens (tertiary/aromatic N) is 2. The van der Waals surface area contributed by atoms with Gasteiger partial charge < -0.3 is 4.90 Å². The Bertz CT molecular complexity index is 496. The zero-order chi connectivity index (χ0) is 13.5. The summed E-state index contributed by atoms with van der Waals surface area (Å²) in [6.07, 6.45) is 3.76. The Morgan fingerprint density at radius 1 is 1.32 bits per heavy atom. The molecule has 0 unspecified atom stereocenters.